The Labute approximate surface area is 157 Å². The molecule has 27 heavy (non-hydrogen) atoms. The van der Waals surface area contributed by atoms with Gasteiger partial charge in [-0.15, -0.1) is 0 Å². The van der Waals surface area contributed by atoms with Crippen LogP contribution in [0, 0.1) is 0 Å². The third kappa shape index (κ3) is 4.92. The van der Waals surface area contributed by atoms with Crippen LogP contribution in [-0.2, 0) is 6.61 Å². The molecule has 0 unspecified atom stereocenters. The first-order chi connectivity index (χ1) is 13.2. The Kier molecular flexibility index (Phi) is 5.79. The fraction of sp³-hybridized carbons (Fsp3) is 0.0952. The van der Waals surface area contributed by atoms with Crippen molar-refractivity contribution in [3.05, 3.63) is 89.7 Å². The molecule has 0 atom stereocenters. The first kappa shape index (κ1) is 18.1. The zero-order valence-corrected chi connectivity index (χ0v) is 14.8. The second kappa shape index (κ2) is 8.62. The molecule has 6 heteroatoms. The maximum atomic E-state index is 12.3. The van der Waals surface area contributed by atoms with E-state index in [1.165, 1.54) is 0 Å². The van der Waals surface area contributed by atoms with Crippen LogP contribution in [0.2, 0.25) is 0 Å². The summed E-state index contributed by atoms with van der Waals surface area (Å²) in [4.78, 5) is 27.9. The van der Waals surface area contributed by atoms with Gasteiger partial charge in [-0.05, 0) is 54.6 Å². The average molecular weight is 361 g/mol. The third-order valence-electron chi connectivity index (χ3n) is 3.88. The fourth-order valence-electron chi connectivity index (χ4n) is 2.41. The zero-order chi connectivity index (χ0) is 19.1. The normalized spacial score (nSPS) is 10.1. The summed E-state index contributed by atoms with van der Waals surface area (Å²) in [6, 6.07) is 17.4. The largest absolute Gasteiger partial charge is 0.489 e. The number of nitrogens with zero attached hydrogens (tertiary/aromatic N) is 1. The molecule has 2 N–H and O–H groups in total. The van der Waals surface area contributed by atoms with E-state index in [4.69, 9.17) is 4.74 Å². The van der Waals surface area contributed by atoms with Crippen molar-refractivity contribution < 1.29 is 14.3 Å². The molecule has 3 rings (SSSR count). The molecule has 0 aliphatic rings. The SMILES string of the molecule is CNC(=O)c1ccc(NC(=O)c2ccc(OCc3cccnc3)cc2)cc1. The number of benzene rings is 2. The van der Waals surface area contributed by atoms with Gasteiger partial charge in [0.1, 0.15) is 12.4 Å². The lowest BCUT2D eigenvalue weighted by atomic mass is 10.1. The van der Waals surface area contributed by atoms with Crippen molar-refractivity contribution in [1.82, 2.24) is 10.3 Å². The van der Waals surface area contributed by atoms with Gasteiger partial charge in [-0.25, -0.2) is 0 Å². The topological polar surface area (TPSA) is 80.3 Å². The van der Waals surface area contributed by atoms with Crippen LogP contribution in [0.4, 0.5) is 5.69 Å². The molecule has 2 amide bonds. The Balaban J connectivity index is 1.58. The summed E-state index contributed by atoms with van der Waals surface area (Å²) in [5.74, 6) is 0.265. The number of amides is 2. The molecule has 0 saturated carbocycles. The van der Waals surface area contributed by atoms with Gasteiger partial charge in [-0.1, -0.05) is 6.07 Å². The van der Waals surface area contributed by atoms with E-state index >= 15 is 0 Å². The minimum Gasteiger partial charge on any atom is -0.489 e. The molecule has 2 aromatic carbocycles. The molecular formula is C21H19N3O3. The lowest BCUT2D eigenvalue weighted by Gasteiger charge is -2.08. The van der Waals surface area contributed by atoms with Gasteiger partial charge in [-0.3, -0.25) is 14.6 Å². The first-order valence-corrected chi connectivity index (χ1v) is 8.41. The molecule has 1 heterocycles. The average Bonchev–Trinajstić information content (AvgIpc) is 2.73. The van der Waals surface area contributed by atoms with Crippen molar-refractivity contribution >= 4 is 17.5 Å². The molecule has 136 valence electrons. The number of ether oxygens (including phenoxy) is 1. The predicted octanol–water partition coefficient (Wildman–Crippen LogP) is 3.27. The summed E-state index contributed by atoms with van der Waals surface area (Å²) < 4.78 is 5.68. The molecule has 0 spiro atoms. The van der Waals surface area contributed by atoms with Crippen molar-refractivity contribution in [2.45, 2.75) is 6.61 Å². The highest BCUT2D eigenvalue weighted by molar-refractivity contribution is 6.04. The van der Waals surface area contributed by atoms with Gasteiger partial charge in [0.2, 0.25) is 0 Å². The Hall–Kier alpha value is -3.67. The summed E-state index contributed by atoms with van der Waals surface area (Å²) in [6.07, 6.45) is 3.46. The number of pyridine rings is 1. The number of rotatable bonds is 6. The van der Waals surface area contributed by atoms with Gasteiger partial charge in [0.15, 0.2) is 0 Å². The molecule has 1 aromatic heterocycles. The molecule has 0 saturated heterocycles. The smallest absolute Gasteiger partial charge is 0.255 e. The maximum Gasteiger partial charge on any atom is 0.255 e. The maximum absolute atomic E-state index is 12.3. The van der Waals surface area contributed by atoms with Gasteiger partial charge < -0.3 is 15.4 Å². The van der Waals surface area contributed by atoms with Gasteiger partial charge in [0.05, 0.1) is 0 Å². The Morgan fingerprint density at radius 3 is 2.22 bits per heavy atom. The third-order valence-corrected chi connectivity index (χ3v) is 3.88. The highest BCUT2D eigenvalue weighted by Gasteiger charge is 2.08. The molecule has 3 aromatic rings. The number of carbonyl (C=O) groups excluding carboxylic acids is 2. The van der Waals surface area contributed by atoms with E-state index < -0.39 is 0 Å². The van der Waals surface area contributed by atoms with Gasteiger partial charge in [0.25, 0.3) is 11.8 Å². The van der Waals surface area contributed by atoms with Crippen molar-refractivity contribution in [2.75, 3.05) is 12.4 Å². The zero-order valence-electron chi connectivity index (χ0n) is 14.8. The van der Waals surface area contributed by atoms with Crippen LogP contribution in [0.3, 0.4) is 0 Å². The Morgan fingerprint density at radius 1 is 0.926 bits per heavy atom. The Bertz CT molecular complexity index is 908. The van der Waals surface area contributed by atoms with Crippen LogP contribution in [0.1, 0.15) is 26.3 Å². The van der Waals surface area contributed by atoms with E-state index in [-0.39, 0.29) is 11.8 Å². The summed E-state index contributed by atoms with van der Waals surface area (Å²) in [7, 11) is 1.57. The van der Waals surface area contributed by atoms with Crippen molar-refractivity contribution in [2.24, 2.45) is 0 Å². The van der Waals surface area contributed by atoms with Crippen LogP contribution >= 0.6 is 0 Å². The number of hydrogen-bond donors (Lipinski definition) is 2. The van der Waals surface area contributed by atoms with Crippen LogP contribution in [0.5, 0.6) is 5.75 Å². The summed E-state index contributed by atoms with van der Waals surface area (Å²) in [6.45, 7) is 0.414. The van der Waals surface area contributed by atoms with Gasteiger partial charge in [-0.2, -0.15) is 0 Å². The van der Waals surface area contributed by atoms with E-state index in [0.717, 1.165) is 5.56 Å². The number of carbonyl (C=O) groups is 2. The number of anilines is 1. The second-order valence-corrected chi connectivity index (χ2v) is 5.78. The van der Waals surface area contributed by atoms with E-state index in [1.54, 1.807) is 68.0 Å². The first-order valence-electron chi connectivity index (χ1n) is 8.41. The highest BCUT2D eigenvalue weighted by atomic mass is 16.5. The van der Waals surface area contributed by atoms with E-state index in [0.29, 0.717) is 29.2 Å². The lowest BCUT2D eigenvalue weighted by Crippen LogP contribution is -2.17. The van der Waals surface area contributed by atoms with E-state index in [9.17, 15) is 9.59 Å². The number of aromatic nitrogens is 1. The predicted molar refractivity (Wildman–Crippen MR) is 103 cm³/mol. The van der Waals surface area contributed by atoms with Gasteiger partial charge >= 0.3 is 0 Å². The summed E-state index contributed by atoms with van der Waals surface area (Å²) in [5.41, 5.74) is 2.63. The minimum atomic E-state index is -0.235. The quantitative estimate of drug-likeness (QED) is 0.706. The molecule has 0 aliphatic heterocycles. The molecule has 0 bridgehead atoms. The van der Waals surface area contributed by atoms with Crippen LogP contribution in [0.15, 0.2) is 73.1 Å². The second-order valence-electron chi connectivity index (χ2n) is 5.78. The monoisotopic (exact) mass is 361 g/mol. The molecule has 0 fully saturated rings. The van der Waals surface area contributed by atoms with Crippen LogP contribution in [0.25, 0.3) is 0 Å². The molecule has 6 nitrogen and oxygen atoms in total. The fourth-order valence-corrected chi connectivity index (χ4v) is 2.41. The van der Waals surface area contributed by atoms with Gasteiger partial charge in [0, 0.05) is 41.8 Å². The number of hydrogen-bond acceptors (Lipinski definition) is 4. The van der Waals surface area contributed by atoms with Crippen LogP contribution < -0.4 is 15.4 Å². The van der Waals surface area contributed by atoms with Crippen molar-refractivity contribution in [1.29, 1.82) is 0 Å². The highest BCUT2D eigenvalue weighted by Crippen LogP contribution is 2.16. The van der Waals surface area contributed by atoms with Crippen molar-refractivity contribution in [3.8, 4) is 5.75 Å². The standard InChI is InChI=1S/C21H19N3O3/c1-22-20(25)16-4-8-18(9-5-16)24-21(26)17-6-10-19(11-7-17)27-14-15-3-2-12-23-13-15/h2-13H,14H2,1H3,(H,22,25)(H,24,26). The molecule has 0 radical (unpaired) electrons. The molecule has 0 aliphatic carbocycles. The van der Waals surface area contributed by atoms with E-state index in [2.05, 4.69) is 15.6 Å². The number of nitrogens with one attached hydrogen (secondary N) is 2. The van der Waals surface area contributed by atoms with Crippen LogP contribution in [-0.4, -0.2) is 23.8 Å². The Morgan fingerprint density at radius 2 is 1.59 bits per heavy atom. The molecular weight excluding hydrogens is 342 g/mol. The summed E-state index contributed by atoms with van der Waals surface area (Å²) >= 11 is 0. The summed E-state index contributed by atoms with van der Waals surface area (Å²) in [5, 5.41) is 5.35. The lowest BCUT2D eigenvalue weighted by molar-refractivity contribution is 0.0962. The minimum absolute atomic E-state index is 0.172. The van der Waals surface area contributed by atoms with E-state index in [1.807, 2.05) is 12.1 Å². The van der Waals surface area contributed by atoms with Crippen molar-refractivity contribution in [3.63, 3.8) is 0 Å².